The van der Waals surface area contributed by atoms with Gasteiger partial charge in [0.2, 0.25) is 10.1 Å². The van der Waals surface area contributed by atoms with Crippen molar-refractivity contribution in [1.29, 1.82) is 0 Å². The molecule has 1 saturated heterocycles. The van der Waals surface area contributed by atoms with E-state index >= 15 is 0 Å². The molecule has 1 aliphatic rings. The number of likely N-dealkylation sites (tertiary alicyclic amines) is 1. The number of carbonyl (C=O) groups is 1. The molecule has 0 saturated carbocycles. The zero-order chi connectivity index (χ0) is 14.4. The minimum Gasteiger partial charge on any atom is -0.394 e. The number of aliphatic hydroxyl groups excluding tert-OH is 1. The highest BCUT2D eigenvalue weighted by Crippen LogP contribution is 2.20. The Morgan fingerprint density at radius 2 is 2.25 bits per heavy atom. The Morgan fingerprint density at radius 3 is 2.90 bits per heavy atom. The van der Waals surface area contributed by atoms with Crippen LogP contribution in [0.2, 0.25) is 0 Å². The molecule has 1 fully saturated rings. The second-order valence-electron chi connectivity index (χ2n) is 4.53. The molecule has 2 rings (SSSR count). The molecule has 2 N–H and O–H groups in total. The van der Waals surface area contributed by atoms with E-state index < -0.39 is 0 Å². The van der Waals surface area contributed by atoms with Gasteiger partial charge in [-0.15, -0.1) is 10.2 Å². The van der Waals surface area contributed by atoms with Gasteiger partial charge in [-0.05, 0) is 19.8 Å². The predicted octanol–water partition coefficient (Wildman–Crippen LogP) is 0.583. The number of piperidine rings is 1. The second-order valence-corrected chi connectivity index (χ2v) is 5.51. The fraction of sp³-hybridized carbons (Fsp3) is 0.750. The normalized spacial score (nSPS) is 16.4. The molecule has 0 spiro atoms. The molecule has 0 aromatic carbocycles. The summed E-state index contributed by atoms with van der Waals surface area (Å²) < 4.78 is 5.48. The summed E-state index contributed by atoms with van der Waals surface area (Å²) in [4.78, 5) is 14.1. The van der Waals surface area contributed by atoms with Crippen LogP contribution in [-0.2, 0) is 4.74 Å². The van der Waals surface area contributed by atoms with Crippen molar-refractivity contribution < 1.29 is 14.6 Å². The fourth-order valence-electron chi connectivity index (χ4n) is 2.11. The fourth-order valence-corrected chi connectivity index (χ4v) is 2.89. The van der Waals surface area contributed by atoms with Crippen LogP contribution in [0.5, 0.6) is 0 Å². The van der Waals surface area contributed by atoms with Gasteiger partial charge in [-0.3, -0.25) is 4.79 Å². The molecule has 1 aliphatic heterocycles. The lowest BCUT2D eigenvalue weighted by atomic mass is 10.1. The first-order chi connectivity index (χ1) is 9.74. The maximum Gasteiger partial charge on any atom is 0.284 e. The van der Waals surface area contributed by atoms with E-state index in [9.17, 15) is 4.79 Å². The van der Waals surface area contributed by atoms with Crippen molar-refractivity contribution in [2.75, 3.05) is 38.2 Å². The Balaban J connectivity index is 1.84. The first kappa shape index (κ1) is 15.1. The third-order valence-electron chi connectivity index (χ3n) is 3.11. The molecule has 0 unspecified atom stereocenters. The topological polar surface area (TPSA) is 87.6 Å². The predicted molar refractivity (Wildman–Crippen MR) is 76.0 cm³/mol. The highest BCUT2D eigenvalue weighted by molar-refractivity contribution is 7.17. The van der Waals surface area contributed by atoms with E-state index in [2.05, 4.69) is 15.5 Å². The molecule has 1 amide bonds. The van der Waals surface area contributed by atoms with Crippen molar-refractivity contribution >= 4 is 22.4 Å². The van der Waals surface area contributed by atoms with Crippen molar-refractivity contribution in [2.45, 2.75) is 25.9 Å². The Hall–Kier alpha value is -1.25. The van der Waals surface area contributed by atoms with Crippen LogP contribution in [-0.4, -0.2) is 65.1 Å². The standard InChI is InChI=1S/C12H20N4O3S/c1-2-13-12-15-14-10(20-12)11(18)16-5-3-9(4-6-16)19-8-7-17/h9,17H,2-8H2,1H3,(H,13,15). The van der Waals surface area contributed by atoms with Crippen LogP contribution < -0.4 is 5.32 Å². The molecular formula is C12H20N4O3S. The Kier molecular flexibility index (Phi) is 5.69. The summed E-state index contributed by atoms with van der Waals surface area (Å²) in [5.74, 6) is -0.0627. The minimum atomic E-state index is -0.0627. The molecule has 112 valence electrons. The first-order valence-corrected chi connectivity index (χ1v) is 7.65. The number of hydrogen-bond acceptors (Lipinski definition) is 7. The van der Waals surface area contributed by atoms with Crippen LogP contribution in [0.15, 0.2) is 0 Å². The lowest BCUT2D eigenvalue weighted by Gasteiger charge is -2.31. The summed E-state index contributed by atoms with van der Waals surface area (Å²) in [5.41, 5.74) is 0. The number of ether oxygens (including phenoxy) is 1. The molecule has 7 nitrogen and oxygen atoms in total. The maximum absolute atomic E-state index is 12.3. The molecule has 8 heteroatoms. The van der Waals surface area contributed by atoms with Gasteiger partial charge in [-0.2, -0.15) is 0 Å². The maximum atomic E-state index is 12.3. The number of aromatic nitrogens is 2. The van der Waals surface area contributed by atoms with Gasteiger partial charge in [-0.1, -0.05) is 11.3 Å². The van der Waals surface area contributed by atoms with Gasteiger partial charge in [0.05, 0.1) is 19.3 Å². The van der Waals surface area contributed by atoms with Crippen molar-refractivity contribution in [3.8, 4) is 0 Å². The SMILES string of the molecule is CCNc1nnc(C(=O)N2CCC(OCCO)CC2)s1. The smallest absolute Gasteiger partial charge is 0.284 e. The highest BCUT2D eigenvalue weighted by atomic mass is 32.1. The number of rotatable bonds is 6. The Morgan fingerprint density at radius 1 is 1.50 bits per heavy atom. The average Bonchev–Trinajstić information content (AvgIpc) is 2.94. The van der Waals surface area contributed by atoms with Gasteiger partial charge in [0.25, 0.3) is 5.91 Å². The lowest BCUT2D eigenvalue weighted by molar-refractivity contribution is -0.00556. The van der Waals surface area contributed by atoms with E-state index in [1.54, 1.807) is 4.90 Å². The van der Waals surface area contributed by atoms with E-state index in [1.807, 2.05) is 6.92 Å². The molecule has 0 aliphatic carbocycles. The molecule has 20 heavy (non-hydrogen) atoms. The molecular weight excluding hydrogens is 280 g/mol. The lowest BCUT2D eigenvalue weighted by Crippen LogP contribution is -2.41. The zero-order valence-corrected chi connectivity index (χ0v) is 12.4. The first-order valence-electron chi connectivity index (χ1n) is 6.83. The number of nitrogens with one attached hydrogen (secondary N) is 1. The van der Waals surface area contributed by atoms with Gasteiger partial charge in [0.15, 0.2) is 0 Å². The van der Waals surface area contributed by atoms with E-state index in [0.717, 1.165) is 19.4 Å². The van der Waals surface area contributed by atoms with Crippen LogP contribution in [0.3, 0.4) is 0 Å². The van der Waals surface area contributed by atoms with Gasteiger partial charge in [-0.25, -0.2) is 0 Å². The summed E-state index contributed by atoms with van der Waals surface area (Å²) in [6, 6.07) is 0. The molecule has 0 bridgehead atoms. The van der Waals surface area contributed by atoms with E-state index in [4.69, 9.17) is 9.84 Å². The third kappa shape index (κ3) is 3.87. The van der Waals surface area contributed by atoms with E-state index in [0.29, 0.717) is 29.8 Å². The summed E-state index contributed by atoms with van der Waals surface area (Å²) >= 11 is 1.29. The zero-order valence-electron chi connectivity index (χ0n) is 11.5. The quantitative estimate of drug-likeness (QED) is 0.799. The van der Waals surface area contributed by atoms with Crippen molar-refractivity contribution in [3.63, 3.8) is 0 Å². The van der Waals surface area contributed by atoms with Crippen LogP contribution in [0.25, 0.3) is 0 Å². The van der Waals surface area contributed by atoms with E-state index in [-0.39, 0.29) is 18.6 Å². The van der Waals surface area contributed by atoms with Crippen LogP contribution in [0.4, 0.5) is 5.13 Å². The molecule has 1 aromatic heterocycles. The van der Waals surface area contributed by atoms with Gasteiger partial charge >= 0.3 is 0 Å². The summed E-state index contributed by atoms with van der Waals surface area (Å²) in [6.45, 7) is 4.45. The van der Waals surface area contributed by atoms with Gasteiger partial charge in [0.1, 0.15) is 0 Å². The summed E-state index contributed by atoms with van der Waals surface area (Å²) in [5, 5.41) is 20.7. The van der Waals surface area contributed by atoms with Crippen LogP contribution >= 0.6 is 11.3 Å². The van der Waals surface area contributed by atoms with Gasteiger partial charge in [0, 0.05) is 19.6 Å². The largest absolute Gasteiger partial charge is 0.394 e. The Bertz CT molecular complexity index is 432. The number of aliphatic hydroxyl groups is 1. The van der Waals surface area contributed by atoms with Crippen molar-refractivity contribution in [3.05, 3.63) is 5.01 Å². The molecule has 0 atom stereocenters. The Labute approximate surface area is 122 Å². The average molecular weight is 300 g/mol. The highest BCUT2D eigenvalue weighted by Gasteiger charge is 2.26. The van der Waals surface area contributed by atoms with E-state index in [1.165, 1.54) is 11.3 Å². The summed E-state index contributed by atoms with van der Waals surface area (Å²) in [6.07, 6.45) is 1.73. The molecule has 2 heterocycles. The second kappa shape index (κ2) is 7.51. The van der Waals surface area contributed by atoms with Crippen LogP contribution in [0.1, 0.15) is 29.6 Å². The van der Waals surface area contributed by atoms with Crippen LogP contribution in [0, 0.1) is 0 Å². The number of nitrogens with zero attached hydrogens (tertiary/aromatic N) is 3. The third-order valence-corrected chi connectivity index (χ3v) is 3.98. The molecule has 1 aromatic rings. The molecule has 0 radical (unpaired) electrons. The van der Waals surface area contributed by atoms with Gasteiger partial charge < -0.3 is 20.1 Å². The monoisotopic (exact) mass is 300 g/mol. The number of amides is 1. The minimum absolute atomic E-state index is 0.0388. The number of anilines is 1. The number of carbonyl (C=O) groups excluding carboxylic acids is 1. The van der Waals surface area contributed by atoms with Crippen molar-refractivity contribution in [2.24, 2.45) is 0 Å². The number of hydrogen-bond donors (Lipinski definition) is 2. The summed E-state index contributed by atoms with van der Waals surface area (Å²) in [7, 11) is 0. The van der Waals surface area contributed by atoms with Crippen molar-refractivity contribution in [1.82, 2.24) is 15.1 Å².